The van der Waals surface area contributed by atoms with Gasteiger partial charge in [-0.3, -0.25) is 0 Å². The molecule has 0 N–H and O–H groups in total. The van der Waals surface area contributed by atoms with E-state index in [0.717, 1.165) is 11.3 Å². The average Bonchev–Trinajstić information content (AvgIpc) is 2.38. The summed E-state index contributed by atoms with van der Waals surface area (Å²) in [7, 11) is 0. The highest BCUT2D eigenvalue weighted by molar-refractivity contribution is 5.38. The van der Waals surface area contributed by atoms with Crippen LogP contribution in [0.1, 0.15) is 17.0 Å². The molecule has 3 nitrogen and oxygen atoms in total. The van der Waals surface area contributed by atoms with Crippen LogP contribution in [0, 0.1) is 18.3 Å². The summed E-state index contributed by atoms with van der Waals surface area (Å²) in [4.78, 5) is 4.12. The fraction of sp³-hybridized carbons (Fsp3) is 0.143. The number of benzene rings is 1. The number of pyridine rings is 1. The Morgan fingerprint density at radius 1 is 1.18 bits per heavy atom. The number of nitrogens with zero attached hydrogens (tertiary/aromatic N) is 2. The molecule has 0 radical (unpaired) electrons. The lowest BCUT2D eigenvalue weighted by atomic mass is 10.2. The van der Waals surface area contributed by atoms with Gasteiger partial charge < -0.3 is 4.74 Å². The van der Waals surface area contributed by atoms with Crippen LogP contribution in [0.5, 0.6) is 5.75 Å². The summed E-state index contributed by atoms with van der Waals surface area (Å²) in [5.74, 6) is 0.530. The highest BCUT2D eigenvalue weighted by Crippen LogP contribution is 2.17. The summed E-state index contributed by atoms with van der Waals surface area (Å²) in [5, 5.41) is 8.95. The van der Waals surface area contributed by atoms with Crippen molar-refractivity contribution < 1.29 is 4.74 Å². The molecule has 2 aromatic rings. The van der Waals surface area contributed by atoms with Gasteiger partial charge in [0.2, 0.25) is 0 Å². The highest BCUT2D eigenvalue weighted by atomic mass is 16.5. The second-order valence-corrected chi connectivity index (χ2v) is 3.69. The molecular formula is C14H12N2O. The average molecular weight is 224 g/mol. The molecule has 0 aliphatic carbocycles. The fourth-order valence-electron chi connectivity index (χ4n) is 1.48. The van der Waals surface area contributed by atoms with E-state index in [0.29, 0.717) is 18.1 Å². The lowest BCUT2D eigenvalue weighted by Crippen LogP contribution is -1.99. The fourth-order valence-corrected chi connectivity index (χ4v) is 1.48. The van der Waals surface area contributed by atoms with Crippen molar-refractivity contribution in [2.75, 3.05) is 0 Å². The van der Waals surface area contributed by atoms with Gasteiger partial charge in [0, 0.05) is 5.69 Å². The minimum Gasteiger partial charge on any atom is -0.486 e. The third kappa shape index (κ3) is 2.82. The topological polar surface area (TPSA) is 45.9 Å². The SMILES string of the molecule is Cc1ccc(OCc2ccccc2)c(C#N)n1. The molecule has 0 atom stereocenters. The van der Waals surface area contributed by atoms with E-state index >= 15 is 0 Å². The Bertz CT molecular complexity index is 544. The number of aromatic nitrogens is 1. The zero-order valence-electron chi connectivity index (χ0n) is 9.55. The first kappa shape index (κ1) is 11.2. The molecule has 0 aliphatic rings. The second-order valence-electron chi connectivity index (χ2n) is 3.69. The van der Waals surface area contributed by atoms with Gasteiger partial charge in [-0.25, -0.2) is 4.98 Å². The summed E-state index contributed by atoms with van der Waals surface area (Å²) in [6, 6.07) is 15.5. The summed E-state index contributed by atoms with van der Waals surface area (Å²) >= 11 is 0. The number of ether oxygens (including phenoxy) is 1. The second kappa shape index (κ2) is 5.13. The van der Waals surface area contributed by atoms with Gasteiger partial charge in [-0.05, 0) is 24.6 Å². The van der Waals surface area contributed by atoms with Gasteiger partial charge >= 0.3 is 0 Å². The Labute approximate surface area is 100 Å². The maximum atomic E-state index is 8.95. The Kier molecular flexibility index (Phi) is 3.37. The van der Waals surface area contributed by atoms with E-state index in [-0.39, 0.29) is 0 Å². The molecule has 0 amide bonds. The van der Waals surface area contributed by atoms with Crippen molar-refractivity contribution in [1.82, 2.24) is 4.98 Å². The molecule has 0 bridgehead atoms. The zero-order chi connectivity index (χ0) is 12.1. The zero-order valence-corrected chi connectivity index (χ0v) is 9.55. The van der Waals surface area contributed by atoms with Gasteiger partial charge in [-0.1, -0.05) is 30.3 Å². The van der Waals surface area contributed by atoms with E-state index in [1.165, 1.54) is 0 Å². The highest BCUT2D eigenvalue weighted by Gasteiger charge is 2.04. The van der Waals surface area contributed by atoms with Crippen molar-refractivity contribution in [2.45, 2.75) is 13.5 Å². The molecule has 84 valence electrons. The van der Waals surface area contributed by atoms with E-state index < -0.39 is 0 Å². The molecule has 0 unspecified atom stereocenters. The van der Waals surface area contributed by atoms with Crippen LogP contribution in [0.15, 0.2) is 42.5 Å². The third-order valence-corrected chi connectivity index (χ3v) is 2.34. The van der Waals surface area contributed by atoms with Crippen LogP contribution in [-0.2, 0) is 6.61 Å². The lowest BCUT2D eigenvalue weighted by molar-refractivity contribution is 0.304. The number of rotatable bonds is 3. The van der Waals surface area contributed by atoms with Crippen LogP contribution in [0.25, 0.3) is 0 Å². The van der Waals surface area contributed by atoms with Crippen LogP contribution in [0.2, 0.25) is 0 Å². The van der Waals surface area contributed by atoms with Crippen molar-refractivity contribution in [1.29, 1.82) is 5.26 Å². The van der Waals surface area contributed by atoms with Crippen molar-refractivity contribution in [2.24, 2.45) is 0 Å². The van der Waals surface area contributed by atoms with Gasteiger partial charge in [0.15, 0.2) is 11.4 Å². The van der Waals surface area contributed by atoms with E-state index in [1.54, 1.807) is 6.07 Å². The largest absolute Gasteiger partial charge is 0.486 e. The first-order valence-electron chi connectivity index (χ1n) is 5.34. The van der Waals surface area contributed by atoms with Crippen LogP contribution >= 0.6 is 0 Å². The predicted molar refractivity (Wildman–Crippen MR) is 64.5 cm³/mol. The molecule has 2 rings (SSSR count). The van der Waals surface area contributed by atoms with Crippen molar-refractivity contribution in [3.63, 3.8) is 0 Å². The number of nitriles is 1. The van der Waals surface area contributed by atoms with Crippen molar-refractivity contribution in [3.05, 3.63) is 59.4 Å². The molecule has 0 saturated carbocycles. The number of aryl methyl sites for hydroxylation is 1. The van der Waals surface area contributed by atoms with Gasteiger partial charge in [0.1, 0.15) is 12.7 Å². The van der Waals surface area contributed by atoms with E-state index in [4.69, 9.17) is 10.00 Å². The normalized spacial score (nSPS) is 9.65. The lowest BCUT2D eigenvalue weighted by Gasteiger charge is -2.07. The minimum absolute atomic E-state index is 0.334. The standard InChI is InChI=1S/C14H12N2O/c1-11-7-8-14(13(9-15)16-11)17-10-12-5-3-2-4-6-12/h2-8H,10H2,1H3. The number of hydrogen-bond acceptors (Lipinski definition) is 3. The molecule has 0 saturated heterocycles. The van der Waals surface area contributed by atoms with Gasteiger partial charge in [0.05, 0.1) is 0 Å². The van der Waals surface area contributed by atoms with Gasteiger partial charge in [0.25, 0.3) is 0 Å². The predicted octanol–water partition coefficient (Wildman–Crippen LogP) is 2.84. The van der Waals surface area contributed by atoms with Gasteiger partial charge in [-0.2, -0.15) is 5.26 Å². The van der Waals surface area contributed by atoms with Crippen LogP contribution in [-0.4, -0.2) is 4.98 Å². The maximum absolute atomic E-state index is 8.95. The summed E-state index contributed by atoms with van der Waals surface area (Å²) in [5.41, 5.74) is 2.21. The van der Waals surface area contributed by atoms with Crippen LogP contribution in [0.4, 0.5) is 0 Å². The Morgan fingerprint density at radius 3 is 2.65 bits per heavy atom. The molecule has 3 heteroatoms. The molecule has 1 aromatic carbocycles. The minimum atomic E-state index is 0.334. The van der Waals surface area contributed by atoms with Crippen LogP contribution in [0.3, 0.4) is 0 Å². The van der Waals surface area contributed by atoms with Crippen LogP contribution < -0.4 is 4.74 Å². The molecule has 1 aromatic heterocycles. The first-order valence-corrected chi connectivity index (χ1v) is 5.34. The summed E-state index contributed by atoms with van der Waals surface area (Å²) in [6.45, 7) is 2.29. The molecule has 0 fully saturated rings. The maximum Gasteiger partial charge on any atom is 0.182 e. The van der Waals surface area contributed by atoms with Crippen molar-refractivity contribution >= 4 is 0 Å². The van der Waals surface area contributed by atoms with E-state index in [9.17, 15) is 0 Å². The van der Waals surface area contributed by atoms with E-state index in [1.807, 2.05) is 49.4 Å². The smallest absolute Gasteiger partial charge is 0.182 e. The monoisotopic (exact) mass is 224 g/mol. The third-order valence-electron chi connectivity index (χ3n) is 2.34. The summed E-state index contributed by atoms with van der Waals surface area (Å²) < 4.78 is 5.58. The van der Waals surface area contributed by atoms with E-state index in [2.05, 4.69) is 4.98 Å². The Morgan fingerprint density at radius 2 is 1.94 bits per heavy atom. The Balaban J connectivity index is 2.12. The molecular weight excluding hydrogens is 212 g/mol. The number of hydrogen-bond donors (Lipinski definition) is 0. The summed E-state index contributed by atoms with van der Waals surface area (Å²) in [6.07, 6.45) is 0. The Hall–Kier alpha value is -2.34. The molecule has 17 heavy (non-hydrogen) atoms. The molecule has 0 aliphatic heterocycles. The quantitative estimate of drug-likeness (QED) is 0.805. The molecule has 1 heterocycles. The van der Waals surface area contributed by atoms with Crippen molar-refractivity contribution in [3.8, 4) is 11.8 Å². The molecule has 0 spiro atoms. The first-order chi connectivity index (χ1) is 8.29. The van der Waals surface area contributed by atoms with Gasteiger partial charge in [-0.15, -0.1) is 0 Å².